The third kappa shape index (κ3) is 36.3. The number of aliphatic hydroxyl groups is 2. The summed E-state index contributed by atoms with van der Waals surface area (Å²) < 4.78 is 66.1. The van der Waals surface area contributed by atoms with Gasteiger partial charge >= 0.3 is 29.8 Å². The molecule has 24 nitrogen and oxygen atoms in total. The fourth-order valence-corrected chi connectivity index (χ4v) is 11.1. The molecule has 7 unspecified atom stereocenters. The molecule has 7 fully saturated rings. The van der Waals surface area contributed by atoms with Gasteiger partial charge in [-0.25, -0.2) is 33.3 Å². The molecule has 0 aliphatic carbocycles. The van der Waals surface area contributed by atoms with Gasteiger partial charge in [0.25, 0.3) is 0 Å². The Kier molecular flexibility index (Phi) is 45.5. The lowest BCUT2D eigenvalue weighted by molar-refractivity contribution is -0.145. The molecular weight excluding hydrogens is 1310 g/mol. The van der Waals surface area contributed by atoms with Crippen LogP contribution in [0, 0.1) is 5.82 Å². The fraction of sp³-hybridized carbons (Fsp3) is 0.632. The Morgan fingerprint density at radius 2 is 1.12 bits per heavy atom. The van der Waals surface area contributed by atoms with Gasteiger partial charge in [-0.3, -0.25) is 9.89 Å². The van der Waals surface area contributed by atoms with E-state index >= 15 is 0 Å². The van der Waals surface area contributed by atoms with Crippen LogP contribution in [0.2, 0.25) is 5.02 Å². The fourth-order valence-electron chi connectivity index (χ4n) is 10.3. The van der Waals surface area contributed by atoms with Gasteiger partial charge in [-0.2, -0.15) is 0 Å². The van der Waals surface area contributed by atoms with Crippen LogP contribution in [-0.4, -0.2) is 213 Å². The quantitative estimate of drug-likeness (QED) is 0.0597. The summed E-state index contributed by atoms with van der Waals surface area (Å²) in [6, 6.07) is 3.11. The maximum atomic E-state index is 13.8. The van der Waals surface area contributed by atoms with E-state index in [2.05, 4.69) is 10.3 Å². The number of benzene rings is 1. The Morgan fingerprint density at radius 1 is 0.646 bits per heavy atom. The molecule has 540 valence electrons. The summed E-state index contributed by atoms with van der Waals surface area (Å²) >= 11 is 7.78. The number of ether oxygens (including phenoxy) is 10. The molecule has 8 aliphatic heterocycles. The van der Waals surface area contributed by atoms with Crippen molar-refractivity contribution in [3.8, 4) is 0 Å². The Bertz CT molecular complexity index is 2610. The van der Waals surface area contributed by atoms with Crippen LogP contribution >= 0.6 is 35.3 Å². The molecule has 28 heteroatoms. The van der Waals surface area contributed by atoms with E-state index in [1.165, 1.54) is 73.8 Å². The molecule has 10 rings (SSSR count). The van der Waals surface area contributed by atoms with Crippen molar-refractivity contribution in [2.45, 2.75) is 178 Å². The first kappa shape index (κ1) is 84.7. The lowest BCUT2D eigenvalue weighted by atomic mass is 9.95. The van der Waals surface area contributed by atoms with Gasteiger partial charge in [0, 0.05) is 119 Å². The van der Waals surface area contributed by atoms with Crippen molar-refractivity contribution in [1.82, 2.24) is 15.2 Å². The maximum Gasteiger partial charge on any atom is 0.338 e. The highest BCUT2D eigenvalue weighted by Crippen LogP contribution is 2.37. The number of amidine groups is 1. The lowest BCUT2D eigenvalue weighted by Crippen LogP contribution is -2.46. The molecule has 0 amide bonds. The normalized spacial score (nSPS) is 24.4. The van der Waals surface area contributed by atoms with Crippen molar-refractivity contribution in [3.05, 3.63) is 111 Å². The summed E-state index contributed by atoms with van der Waals surface area (Å²) in [7, 11) is 1.69. The molecule has 0 spiro atoms. The molecule has 0 saturated carbocycles. The number of hydrogen-bond acceptors (Lipinski definition) is 22. The topological polar surface area (TPSA) is 319 Å². The number of carboxylic acids is 3. The molecule has 8 aliphatic rings. The molecule has 6 N–H and O–H groups in total. The number of methoxy groups -OCH3 is 1. The van der Waals surface area contributed by atoms with E-state index in [1.54, 1.807) is 45.4 Å². The number of halogens is 3. The number of aromatic nitrogens is 1. The van der Waals surface area contributed by atoms with E-state index in [0.717, 1.165) is 141 Å². The van der Waals surface area contributed by atoms with Crippen LogP contribution in [0.3, 0.4) is 0 Å². The summed E-state index contributed by atoms with van der Waals surface area (Å²) in [6.07, 6.45) is 33.1. The van der Waals surface area contributed by atoms with E-state index in [-0.39, 0.29) is 85.6 Å². The molecule has 0 bridgehead atoms. The first-order valence-electron chi connectivity index (χ1n) is 33.0. The van der Waals surface area contributed by atoms with Crippen LogP contribution in [0.1, 0.15) is 146 Å². The zero-order valence-corrected chi connectivity index (χ0v) is 57.9. The number of aliphatic hydroxyl groups excluding tert-OH is 2. The van der Waals surface area contributed by atoms with Crippen molar-refractivity contribution >= 4 is 71.0 Å². The highest BCUT2D eigenvalue weighted by Gasteiger charge is 2.35. The van der Waals surface area contributed by atoms with Gasteiger partial charge in [0.05, 0.1) is 75.2 Å². The van der Waals surface area contributed by atoms with Crippen LogP contribution in [0.15, 0.2) is 94.6 Å². The van der Waals surface area contributed by atoms with Gasteiger partial charge in [-0.15, -0.1) is 23.7 Å². The largest absolute Gasteiger partial charge is 0.478 e. The lowest BCUT2D eigenvalue weighted by Gasteiger charge is -2.34. The van der Waals surface area contributed by atoms with E-state index in [9.17, 15) is 28.4 Å². The Morgan fingerprint density at radius 3 is 1.52 bits per heavy atom. The predicted molar refractivity (Wildman–Crippen MR) is 362 cm³/mol. The van der Waals surface area contributed by atoms with Crippen LogP contribution in [-0.2, 0) is 71.3 Å². The van der Waals surface area contributed by atoms with Gasteiger partial charge in [0.1, 0.15) is 11.9 Å². The zero-order chi connectivity index (χ0) is 68.8. The predicted octanol–water partition coefficient (Wildman–Crippen LogP) is 9.93. The van der Waals surface area contributed by atoms with Crippen LogP contribution in [0.25, 0.3) is 0 Å². The van der Waals surface area contributed by atoms with Gasteiger partial charge in [0.2, 0.25) is 0 Å². The van der Waals surface area contributed by atoms with Crippen molar-refractivity contribution in [2.75, 3.05) is 99.4 Å². The molecule has 7 saturated heterocycles. The monoisotopic (exact) mass is 1410 g/mol. The average molecular weight is 1420 g/mol. The number of morpholine rings is 1. The molecule has 1 aromatic heterocycles. The SMILES string of the molecule is CCOC(=O)/C=C/C1CCCCO1.CCOC(=O)C1=C(CN2CCOC(/C=C/C(=O)O)C2)NC(c2nccs2)=N[C@H]1c1ccc(F)cc1Cl.COC1CCCCO1.Cl.O=C(O)/C=C/C1CCCCO1.O=C(O)/C=C/C1CCCCO1.OCC1CCCCO1.OCC1CCCCO1. The minimum atomic E-state index is -1.06. The Labute approximate surface area is 578 Å². The van der Waals surface area contributed by atoms with Gasteiger partial charge in [0.15, 0.2) is 17.1 Å². The molecule has 2 aromatic rings. The second-order valence-electron chi connectivity index (χ2n) is 22.6. The number of carbonyl (C=O) groups is 5. The number of carbonyl (C=O) groups excluding carboxylic acids is 2. The van der Waals surface area contributed by atoms with Crippen LogP contribution < -0.4 is 5.32 Å². The number of carboxylic acid groups (broad SMARTS) is 3. The molecular formula is C68H101Cl2FN4O20S. The van der Waals surface area contributed by atoms with Gasteiger partial charge < -0.3 is 78.2 Å². The molecule has 1 aromatic carbocycles. The maximum absolute atomic E-state index is 13.8. The number of aliphatic imine (C=N–C) groups is 1. The first-order chi connectivity index (χ1) is 46.0. The van der Waals surface area contributed by atoms with Gasteiger partial charge in [-0.1, -0.05) is 17.7 Å². The van der Waals surface area contributed by atoms with E-state index < -0.39 is 41.8 Å². The van der Waals surface area contributed by atoms with E-state index in [1.807, 2.05) is 10.3 Å². The van der Waals surface area contributed by atoms with Crippen LogP contribution in [0.4, 0.5) is 4.39 Å². The summed E-state index contributed by atoms with van der Waals surface area (Å²) in [5, 5.41) is 48.5. The minimum Gasteiger partial charge on any atom is -0.478 e. The van der Waals surface area contributed by atoms with Crippen molar-refractivity contribution < 1.29 is 101 Å². The summed E-state index contributed by atoms with van der Waals surface area (Å²) in [5.41, 5.74) is 1.26. The standard InChI is InChI=1S/C24H24ClFN4O5S.C10H16O3.2C8H12O3.3C6H12O2.ClH/c1-2-34-24(33)20-18(13-30-8-9-35-15(12-30)4-6-19(31)32)28-22(23-27-7-10-36-23)29-21(20)16-5-3-14(26)11-17(16)25;1-2-12-10(11)7-6-9-5-3-4-8-13-9;2*9-8(10)5-4-7-3-1-2-6-11-7;1-7-6-4-2-3-5-8-6;2*7-5-6-3-1-2-4-8-6;/h3-7,10-11,15,21H,2,8-9,12-13H2,1H3,(H,28,29)(H,31,32);6-7,9H,2-5,8H2,1H3;2*4-5,7H,1-3,6H2,(H,9,10);6H,2-5H2,1H3;2*6-7H,1-5H2;1H/b6-4+;7-6+;2*5-4+;;;;/t15?,21-;;;;;;;/m0......./s1. The Hall–Kier alpha value is -5.56. The molecule has 0 radical (unpaired) electrons. The minimum absolute atomic E-state index is 0. The van der Waals surface area contributed by atoms with Gasteiger partial charge in [-0.05, 0) is 166 Å². The van der Waals surface area contributed by atoms with Crippen molar-refractivity contribution in [2.24, 2.45) is 4.99 Å². The number of aliphatic carboxylic acids is 3. The van der Waals surface area contributed by atoms with E-state index in [4.69, 9.17) is 89.5 Å². The number of nitrogens with zero attached hydrogens (tertiary/aromatic N) is 3. The first-order valence-corrected chi connectivity index (χ1v) is 34.3. The smallest absolute Gasteiger partial charge is 0.338 e. The molecule has 9 heterocycles. The molecule has 96 heavy (non-hydrogen) atoms. The third-order valence-corrected chi connectivity index (χ3v) is 16.3. The molecule has 8 atom stereocenters. The van der Waals surface area contributed by atoms with Crippen LogP contribution in [0.5, 0.6) is 0 Å². The summed E-state index contributed by atoms with van der Waals surface area (Å²) in [6.45, 7) is 11.0. The number of nitrogens with one attached hydrogen (secondary N) is 1. The zero-order valence-electron chi connectivity index (χ0n) is 55.5. The summed E-state index contributed by atoms with van der Waals surface area (Å²) in [4.78, 5) is 66.4. The van der Waals surface area contributed by atoms with E-state index in [0.29, 0.717) is 55.0 Å². The highest BCUT2D eigenvalue weighted by molar-refractivity contribution is 7.11. The number of esters is 2. The van der Waals surface area contributed by atoms with Crippen molar-refractivity contribution in [1.29, 1.82) is 0 Å². The third-order valence-electron chi connectivity index (χ3n) is 15.2. The number of thiazole rings is 1. The average Bonchev–Trinajstić information content (AvgIpc) is 1.01. The summed E-state index contributed by atoms with van der Waals surface area (Å²) in [5.74, 6) is -3.76. The Balaban J connectivity index is 0.000000328. The number of rotatable bonds is 18. The number of hydrogen-bond donors (Lipinski definition) is 6. The van der Waals surface area contributed by atoms with Crippen molar-refractivity contribution in [3.63, 3.8) is 0 Å². The highest BCUT2D eigenvalue weighted by atomic mass is 35.5. The second-order valence-corrected chi connectivity index (χ2v) is 23.9. The second kappa shape index (κ2) is 51.6.